The third-order valence-electron chi connectivity index (χ3n) is 9.08. The van der Waals surface area contributed by atoms with Crippen LogP contribution < -0.4 is 0 Å². The van der Waals surface area contributed by atoms with Crippen molar-refractivity contribution in [2.75, 3.05) is 27.3 Å². The number of benzene rings is 2. The van der Waals surface area contributed by atoms with Crippen molar-refractivity contribution in [1.29, 1.82) is 0 Å². The van der Waals surface area contributed by atoms with Crippen molar-refractivity contribution in [3.05, 3.63) is 82.5 Å². The number of likely N-dealkylation sites (tertiary alicyclic amines) is 1. The Labute approximate surface area is 251 Å². The van der Waals surface area contributed by atoms with Crippen LogP contribution in [0.2, 0.25) is 5.02 Å². The number of ketones is 1. The average Bonchev–Trinajstić information content (AvgIpc) is 3.26. The number of carbonyl (C=O) groups excluding carboxylic acids is 4. The van der Waals surface area contributed by atoms with Gasteiger partial charge in [-0.05, 0) is 74.3 Å². The van der Waals surface area contributed by atoms with Crippen LogP contribution in [0.4, 0.5) is 0 Å². The molecule has 0 aromatic heterocycles. The first-order chi connectivity index (χ1) is 20.3. The summed E-state index contributed by atoms with van der Waals surface area (Å²) in [6, 6.07) is 16.6. The molecule has 5 rings (SSSR count). The summed E-state index contributed by atoms with van der Waals surface area (Å²) in [7, 11) is 2.76. The molecule has 0 N–H and O–H groups in total. The molecule has 42 heavy (non-hydrogen) atoms. The number of fused-ring (bicyclic) bond motifs is 1. The molecule has 9 heteroatoms. The average molecular weight is 593 g/mol. The zero-order valence-corrected chi connectivity index (χ0v) is 24.8. The molecule has 3 aliphatic rings. The van der Waals surface area contributed by atoms with Crippen molar-refractivity contribution in [2.24, 2.45) is 17.8 Å². The Morgan fingerprint density at radius 3 is 2.24 bits per heavy atom. The summed E-state index contributed by atoms with van der Waals surface area (Å²) in [5.74, 6) is -2.56. The number of ether oxygens (including phenoxy) is 2. The van der Waals surface area contributed by atoms with Gasteiger partial charge in [0.1, 0.15) is 0 Å². The number of halogens is 1. The van der Waals surface area contributed by atoms with Gasteiger partial charge in [0, 0.05) is 54.5 Å². The molecule has 1 saturated carbocycles. The number of carbonyl (C=O) groups is 4. The van der Waals surface area contributed by atoms with Gasteiger partial charge in [0.25, 0.3) is 11.7 Å². The van der Waals surface area contributed by atoms with Gasteiger partial charge in [-0.25, -0.2) is 4.79 Å². The zero-order chi connectivity index (χ0) is 29.8. The van der Waals surface area contributed by atoms with Crippen LogP contribution in [0.3, 0.4) is 0 Å². The molecule has 1 aliphatic carbocycles. The maximum absolute atomic E-state index is 14.0. The van der Waals surface area contributed by atoms with E-state index in [2.05, 4.69) is 24.3 Å². The van der Waals surface area contributed by atoms with Crippen LogP contribution in [0, 0.1) is 17.8 Å². The number of hydrogen-bond acceptors (Lipinski definition) is 6. The molecule has 0 bridgehead atoms. The first kappa shape index (κ1) is 30.0. The fourth-order valence-corrected chi connectivity index (χ4v) is 6.92. The molecule has 2 aliphatic heterocycles. The van der Waals surface area contributed by atoms with Crippen molar-refractivity contribution in [2.45, 2.75) is 50.7 Å². The van der Waals surface area contributed by atoms with Gasteiger partial charge in [-0.2, -0.15) is 0 Å². The lowest BCUT2D eigenvalue weighted by Gasteiger charge is -2.36. The largest absolute Gasteiger partial charge is 0.463 e. The van der Waals surface area contributed by atoms with Gasteiger partial charge in [-0.1, -0.05) is 41.9 Å². The fraction of sp³-hybridized carbons (Fsp3) is 0.455. The summed E-state index contributed by atoms with van der Waals surface area (Å²) >= 11 is 6.03. The molecule has 2 heterocycles. The molecule has 222 valence electrons. The molecular formula is C33H37ClN2O6. The van der Waals surface area contributed by atoms with E-state index >= 15 is 0 Å². The minimum absolute atomic E-state index is 0.00741. The van der Waals surface area contributed by atoms with Crippen LogP contribution in [-0.4, -0.2) is 72.8 Å². The highest BCUT2D eigenvalue weighted by molar-refractivity contribution is 6.40. The minimum atomic E-state index is -0.989. The molecule has 0 spiro atoms. The number of esters is 1. The zero-order valence-electron chi connectivity index (χ0n) is 24.0. The molecule has 0 radical (unpaired) electrons. The molecule has 2 fully saturated rings. The summed E-state index contributed by atoms with van der Waals surface area (Å²) in [6.45, 7) is 1.34. The van der Waals surface area contributed by atoms with Gasteiger partial charge in [-0.15, -0.1) is 0 Å². The Hall–Kier alpha value is -3.49. The van der Waals surface area contributed by atoms with Crippen LogP contribution in [0.15, 0.2) is 66.4 Å². The first-order valence-corrected chi connectivity index (χ1v) is 15.0. The third kappa shape index (κ3) is 6.30. The molecule has 4 atom stereocenters. The third-order valence-corrected chi connectivity index (χ3v) is 9.33. The second kappa shape index (κ2) is 13.2. The lowest BCUT2D eigenvalue weighted by atomic mass is 9.83. The molecule has 1 saturated heterocycles. The smallest absolute Gasteiger partial charge is 0.379 e. The highest BCUT2D eigenvalue weighted by Gasteiger charge is 2.48. The summed E-state index contributed by atoms with van der Waals surface area (Å²) in [4.78, 5) is 56.6. The standard InChI is InChI=1S/C33H37ClN2O6/c1-41-29-13-12-28-25(19-26(29)32(39)35-16-14-22(15-17-35)18-21-6-4-3-5-7-21)27(30(37)33(40)42-2)20-36(28)31(38)23-8-10-24(34)11-9-23/h3-11,20,22,25-26,28-29H,12-19H2,1-2H3. The quantitative estimate of drug-likeness (QED) is 0.342. The molecule has 2 amide bonds. The van der Waals surface area contributed by atoms with Gasteiger partial charge < -0.3 is 19.3 Å². The van der Waals surface area contributed by atoms with Crippen molar-refractivity contribution in [1.82, 2.24) is 9.80 Å². The van der Waals surface area contributed by atoms with Crippen LogP contribution in [0.25, 0.3) is 0 Å². The second-order valence-electron chi connectivity index (χ2n) is 11.5. The van der Waals surface area contributed by atoms with Crippen LogP contribution in [-0.2, 0) is 30.3 Å². The van der Waals surface area contributed by atoms with Crippen LogP contribution in [0.5, 0.6) is 0 Å². The van der Waals surface area contributed by atoms with E-state index in [1.807, 2.05) is 11.0 Å². The summed E-state index contributed by atoms with van der Waals surface area (Å²) < 4.78 is 10.6. The SMILES string of the molecule is COC(=O)C(=O)C1=CN(C(=O)c2ccc(Cl)cc2)C2CCC(OC)C(C(=O)N3CCC(Cc4ccccc4)CC3)CC12. The van der Waals surface area contributed by atoms with Gasteiger partial charge in [-0.3, -0.25) is 14.4 Å². The van der Waals surface area contributed by atoms with E-state index in [1.54, 1.807) is 36.3 Å². The Morgan fingerprint density at radius 1 is 0.905 bits per heavy atom. The van der Waals surface area contributed by atoms with Crippen LogP contribution >= 0.6 is 11.6 Å². The monoisotopic (exact) mass is 592 g/mol. The Kier molecular flexibility index (Phi) is 9.43. The summed E-state index contributed by atoms with van der Waals surface area (Å²) in [5, 5.41) is 0.505. The van der Waals surface area contributed by atoms with E-state index in [1.165, 1.54) is 11.8 Å². The maximum Gasteiger partial charge on any atom is 0.379 e. The Bertz CT molecular complexity index is 1340. The normalized spacial score (nSPS) is 24.4. The number of methoxy groups -OCH3 is 2. The minimum Gasteiger partial charge on any atom is -0.463 e. The maximum atomic E-state index is 14.0. The molecule has 4 unspecified atom stereocenters. The Morgan fingerprint density at radius 2 is 1.60 bits per heavy atom. The number of nitrogens with zero attached hydrogens (tertiary/aromatic N) is 2. The number of piperidine rings is 1. The van der Waals surface area contributed by atoms with Crippen molar-refractivity contribution >= 4 is 35.2 Å². The van der Waals surface area contributed by atoms with Gasteiger partial charge in [0.15, 0.2) is 0 Å². The van der Waals surface area contributed by atoms with Crippen molar-refractivity contribution in [3.8, 4) is 0 Å². The molecular weight excluding hydrogens is 556 g/mol. The van der Waals surface area contributed by atoms with E-state index in [-0.39, 0.29) is 23.5 Å². The van der Waals surface area contributed by atoms with E-state index in [9.17, 15) is 19.2 Å². The lowest BCUT2D eigenvalue weighted by Crippen LogP contribution is -2.46. The summed E-state index contributed by atoms with van der Waals surface area (Å²) in [6.07, 6.45) is 5.31. The predicted molar refractivity (Wildman–Crippen MR) is 158 cm³/mol. The van der Waals surface area contributed by atoms with E-state index in [4.69, 9.17) is 21.1 Å². The van der Waals surface area contributed by atoms with Gasteiger partial charge in [0.05, 0.1) is 19.1 Å². The van der Waals surface area contributed by atoms with E-state index < -0.39 is 29.6 Å². The van der Waals surface area contributed by atoms with E-state index in [0.29, 0.717) is 48.9 Å². The van der Waals surface area contributed by atoms with Crippen LogP contribution in [0.1, 0.15) is 48.0 Å². The Balaban J connectivity index is 1.35. The number of amides is 2. The van der Waals surface area contributed by atoms with Crippen molar-refractivity contribution < 1.29 is 28.7 Å². The highest BCUT2D eigenvalue weighted by Crippen LogP contribution is 2.43. The second-order valence-corrected chi connectivity index (χ2v) is 11.9. The highest BCUT2D eigenvalue weighted by atomic mass is 35.5. The summed E-state index contributed by atoms with van der Waals surface area (Å²) in [5.41, 5.74) is 1.93. The fourth-order valence-electron chi connectivity index (χ4n) is 6.80. The van der Waals surface area contributed by atoms with Crippen molar-refractivity contribution in [3.63, 3.8) is 0 Å². The van der Waals surface area contributed by atoms with Gasteiger partial charge in [0.2, 0.25) is 5.91 Å². The molecule has 2 aromatic carbocycles. The number of rotatable bonds is 7. The first-order valence-electron chi connectivity index (χ1n) is 14.6. The lowest BCUT2D eigenvalue weighted by molar-refractivity contribution is -0.150. The number of hydrogen-bond donors (Lipinski definition) is 0. The molecule has 2 aromatic rings. The topological polar surface area (TPSA) is 93.2 Å². The predicted octanol–water partition coefficient (Wildman–Crippen LogP) is 4.70. The molecule has 8 nitrogen and oxygen atoms in total. The number of Topliss-reactive ketones (excluding diaryl/α,β-unsaturated/α-hetero) is 1. The van der Waals surface area contributed by atoms with Gasteiger partial charge >= 0.3 is 5.97 Å². The van der Waals surface area contributed by atoms with E-state index in [0.717, 1.165) is 26.4 Å².